The highest BCUT2D eigenvalue weighted by Crippen LogP contribution is 2.23. The molecule has 0 radical (unpaired) electrons. The first-order valence-electron chi connectivity index (χ1n) is 7.77. The van der Waals surface area contributed by atoms with Crippen molar-refractivity contribution in [1.29, 1.82) is 0 Å². The number of anilines is 2. The molecular weight excluding hydrogens is 334 g/mol. The molecule has 1 aromatic heterocycles. The highest BCUT2D eigenvalue weighted by Gasteiger charge is 2.09. The number of nitrogens with one attached hydrogen (secondary N) is 2. The van der Waals surface area contributed by atoms with E-state index in [0.29, 0.717) is 11.4 Å². The van der Waals surface area contributed by atoms with E-state index in [1.165, 1.54) is 18.3 Å². The molecule has 0 saturated heterocycles. The smallest absolute Gasteiger partial charge is 0.230 e. The molecule has 0 aliphatic carbocycles. The Kier molecular flexibility index (Phi) is 5.20. The molecule has 0 atom stereocenters. The fourth-order valence-corrected chi connectivity index (χ4v) is 3.14. The maximum Gasteiger partial charge on any atom is 0.230 e. The van der Waals surface area contributed by atoms with Gasteiger partial charge in [-0.3, -0.25) is 9.59 Å². The van der Waals surface area contributed by atoms with Crippen LogP contribution in [0.1, 0.15) is 12.6 Å². The van der Waals surface area contributed by atoms with Crippen LogP contribution in [0.15, 0.2) is 60.0 Å². The second kappa shape index (κ2) is 7.72. The molecule has 2 N–H and O–H groups in total. The van der Waals surface area contributed by atoms with Crippen molar-refractivity contribution in [3.05, 3.63) is 65.7 Å². The number of thiazole rings is 1. The molecule has 0 unspecified atom stereocenters. The van der Waals surface area contributed by atoms with Gasteiger partial charge in [-0.1, -0.05) is 30.3 Å². The lowest BCUT2D eigenvalue weighted by atomic mass is 10.2. The van der Waals surface area contributed by atoms with Gasteiger partial charge in [0, 0.05) is 29.2 Å². The quantitative estimate of drug-likeness (QED) is 0.731. The van der Waals surface area contributed by atoms with Crippen LogP contribution in [0.5, 0.6) is 0 Å². The zero-order chi connectivity index (χ0) is 17.6. The molecule has 126 valence electrons. The highest BCUT2D eigenvalue weighted by atomic mass is 32.1. The summed E-state index contributed by atoms with van der Waals surface area (Å²) >= 11 is 1.53. The standard InChI is InChI=1S/C19H17N3O2S/c1-13(23)20-15-7-9-16(10-8-15)21-18(24)11-17-12-25-19(22-17)14-5-3-2-4-6-14/h2-10,12H,11H2,1H3,(H,20,23)(H,21,24). The third kappa shape index (κ3) is 4.74. The summed E-state index contributed by atoms with van der Waals surface area (Å²) in [5.41, 5.74) is 3.17. The summed E-state index contributed by atoms with van der Waals surface area (Å²) in [7, 11) is 0. The maximum absolute atomic E-state index is 12.2. The monoisotopic (exact) mass is 351 g/mol. The molecule has 25 heavy (non-hydrogen) atoms. The van der Waals surface area contributed by atoms with Crippen LogP contribution < -0.4 is 10.6 Å². The topological polar surface area (TPSA) is 71.1 Å². The average Bonchev–Trinajstić information content (AvgIpc) is 3.05. The molecule has 0 bridgehead atoms. The number of amides is 2. The third-order valence-corrected chi connectivity index (χ3v) is 4.34. The number of carbonyl (C=O) groups is 2. The highest BCUT2D eigenvalue weighted by molar-refractivity contribution is 7.13. The number of hydrogen-bond acceptors (Lipinski definition) is 4. The summed E-state index contributed by atoms with van der Waals surface area (Å²) in [6.45, 7) is 1.45. The van der Waals surface area contributed by atoms with Crippen LogP contribution in [0.3, 0.4) is 0 Å². The summed E-state index contributed by atoms with van der Waals surface area (Å²) in [6, 6.07) is 16.9. The van der Waals surface area contributed by atoms with Gasteiger partial charge in [-0.15, -0.1) is 11.3 Å². The van der Waals surface area contributed by atoms with Gasteiger partial charge in [-0.2, -0.15) is 0 Å². The third-order valence-electron chi connectivity index (χ3n) is 3.40. The maximum atomic E-state index is 12.2. The SMILES string of the molecule is CC(=O)Nc1ccc(NC(=O)Cc2csc(-c3ccccc3)n2)cc1. The fourth-order valence-electron chi connectivity index (χ4n) is 2.31. The van der Waals surface area contributed by atoms with Gasteiger partial charge in [0.15, 0.2) is 0 Å². The predicted molar refractivity (Wildman–Crippen MR) is 101 cm³/mol. The van der Waals surface area contributed by atoms with Crippen LogP contribution in [0, 0.1) is 0 Å². The van der Waals surface area contributed by atoms with E-state index in [0.717, 1.165) is 16.3 Å². The van der Waals surface area contributed by atoms with Crippen LogP contribution in [0.25, 0.3) is 10.6 Å². The largest absolute Gasteiger partial charge is 0.326 e. The second-order valence-corrected chi connectivity index (χ2v) is 6.35. The molecule has 1 heterocycles. The minimum absolute atomic E-state index is 0.128. The number of aromatic nitrogens is 1. The van der Waals surface area contributed by atoms with E-state index in [2.05, 4.69) is 15.6 Å². The van der Waals surface area contributed by atoms with Gasteiger partial charge in [0.05, 0.1) is 12.1 Å². The Morgan fingerprint density at radius 3 is 2.24 bits per heavy atom. The van der Waals surface area contributed by atoms with Crippen molar-refractivity contribution >= 4 is 34.5 Å². The number of hydrogen-bond donors (Lipinski definition) is 2. The van der Waals surface area contributed by atoms with Gasteiger partial charge in [0.25, 0.3) is 0 Å². The summed E-state index contributed by atoms with van der Waals surface area (Å²) in [4.78, 5) is 27.7. The van der Waals surface area contributed by atoms with Gasteiger partial charge in [0.2, 0.25) is 11.8 Å². The molecule has 2 aromatic carbocycles. The summed E-state index contributed by atoms with van der Waals surface area (Å²) in [5.74, 6) is -0.258. The Bertz CT molecular complexity index is 873. The van der Waals surface area contributed by atoms with Crippen molar-refractivity contribution in [3.63, 3.8) is 0 Å². The first-order chi connectivity index (χ1) is 12.1. The van der Waals surface area contributed by atoms with Gasteiger partial charge in [-0.25, -0.2) is 4.98 Å². The van der Waals surface area contributed by atoms with E-state index in [9.17, 15) is 9.59 Å². The number of carbonyl (C=O) groups excluding carboxylic acids is 2. The second-order valence-electron chi connectivity index (χ2n) is 5.49. The van der Waals surface area contributed by atoms with Crippen LogP contribution in [0.4, 0.5) is 11.4 Å². The van der Waals surface area contributed by atoms with Crippen LogP contribution in [0.2, 0.25) is 0 Å². The molecule has 5 nitrogen and oxygen atoms in total. The molecule has 0 spiro atoms. The molecule has 0 aliphatic heterocycles. The molecule has 6 heteroatoms. The van der Waals surface area contributed by atoms with Gasteiger partial charge < -0.3 is 10.6 Å². The lowest BCUT2D eigenvalue weighted by molar-refractivity contribution is -0.116. The predicted octanol–water partition coefficient (Wildman–Crippen LogP) is 3.95. The van der Waals surface area contributed by atoms with Crippen molar-refractivity contribution in [1.82, 2.24) is 4.98 Å². The molecule has 0 aliphatic rings. The minimum atomic E-state index is -0.130. The van der Waals surface area contributed by atoms with Crippen LogP contribution in [-0.4, -0.2) is 16.8 Å². The first kappa shape index (κ1) is 16.9. The van der Waals surface area contributed by atoms with E-state index in [4.69, 9.17) is 0 Å². The Morgan fingerprint density at radius 1 is 0.960 bits per heavy atom. The molecule has 2 amide bonds. The molecule has 3 aromatic rings. The Hall–Kier alpha value is -2.99. The normalized spacial score (nSPS) is 10.3. The Labute approximate surface area is 149 Å². The first-order valence-corrected chi connectivity index (χ1v) is 8.65. The summed E-state index contributed by atoms with van der Waals surface area (Å²) in [6.07, 6.45) is 0.219. The van der Waals surface area contributed by atoms with E-state index in [1.54, 1.807) is 24.3 Å². The number of benzene rings is 2. The fraction of sp³-hybridized carbons (Fsp3) is 0.105. The van der Waals surface area contributed by atoms with Crippen molar-refractivity contribution in [2.24, 2.45) is 0 Å². The van der Waals surface area contributed by atoms with Gasteiger partial charge in [-0.05, 0) is 24.3 Å². The van der Waals surface area contributed by atoms with Gasteiger partial charge in [0.1, 0.15) is 5.01 Å². The summed E-state index contributed by atoms with van der Waals surface area (Å²) < 4.78 is 0. The molecule has 3 rings (SSSR count). The lowest BCUT2D eigenvalue weighted by Crippen LogP contribution is -2.14. The van der Waals surface area contributed by atoms with Gasteiger partial charge >= 0.3 is 0 Å². The van der Waals surface area contributed by atoms with Crippen LogP contribution in [-0.2, 0) is 16.0 Å². The number of nitrogens with zero attached hydrogens (tertiary/aromatic N) is 1. The zero-order valence-corrected chi connectivity index (χ0v) is 14.5. The molecule has 0 saturated carbocycles. The van der Waals surface area contributed by atoms with E-state index in [1.807, 2.05) is 35.7 Å². The Morgan fingerprint density at radius 2 is 1.60 bits per heavy atom. The van der Waals surface area contributed by atoms with E-state index < -0.39 is 0 Å². The number of rotatable bonds is 5. The minimum Gasteiger partial charge on any atom is -0.326 e. The summed E-state index contributed by atoms with van der Waals surface area (Å²) in [5, 5.41) is 8.33. The zero-order valence-electron chi connectivity index (χ0n) is 13.7. The molecular formula is C19H17N3O2S. The van der Waals surface area contributed by atoms with Crippen molar-refractivity contribution in [3.8, 4) is 10.6 Å². The van der Waals surface area contributed by atoms with Crippen molar-refractivity contribution < 1.29 is 9.59 Å². The van der Waals surface area contributed by atoms with E-state index >= 15 is 0 Å². The van der Waals surface area contributed by atoms with E-state index in [-0.39, 0.29) is 18.2 Å². The Balaban J connectivity index is 1.59. The lowest BCUT2D eigenvalue weighted by Gasteiger charge is -2.06. The van der Waals surface area contributed by atoms with Crippen molar-refractivity contribution in [2.45, 2.75) is 13.3 Å². The van der Waals surface area contributed by atoms with Crippen LogP contribution >= 0.6 is 11.3 Å². The molecule has 0 fully saturated rings. The average molecular weight is 351 g/mol. The van der Waals surface area contributed by atoms with Crippen molar-refractivity contribution in [2.75, 3.05) is 10.6 Å².